The number of hydrogen-bond donors (Lipinski definition) is 3. The minimum atomic E-state index is -1.96. The molecule has 0 aromatic carbocycles. The molecule has 8 atom stereocenters. The second-order valence-electron chi connectivity index (χ2n) is 13.4. The molecular weight excluding hydrogens is 560 g/mol. The molecule has 4 rings (SSSR count). The topological polar surface area (TPSA) is 130 Å². The number of fused-ring (bicyclic) bond motifs is 5. The highest BCUT2D eigenvalue weighted by atomic mass is 16.6. The molecule has 0 saturated heterocycles. The highest BCUT2D eigenvalue weighted by molar-refractivity contribution is 6.04. The second kappa shape index (κ2) is 12.7. The Kier molecular flexibility index (Phi) is 9.79. The van der Waals surface area contributed by atoms with Crippen molar-refractivity contribution in [3.05, 3.63) is 71.9 Å². The van der Waals surface area contributed by atoms with Crippen molar-refractivity contribution in [1.82, 2.24) is 0 Å². The van der Waals surface area contributed by atoms with E-state index >= 15 is 0 Å². The van der Waals surface area contributed by atoms with Gasteiger partial charge in [0.2, 0.25) is 0 Å². The average molecular weight is 609 g/mol. The Morgan fingerprint density at radius 3 is 2.34 bits per heavy atom. The Bertz CT molecular complexity index is 1330. The predicted molar refractivity (Wildman–Crippen MR) is 167 cm³/mol. The number of aliphatic hydroxyl groups excluding tert-OH is 1. The molecule has 240 valence electrons. The van der Waals surface area contributed by atoms with E-state index in [1.807, 2.05) is 32.1 Å². The third-order valence-electron chi connectivity index (χ3n) is 10.4. The molecule has 8 nitrogen and oxygen atoms in total. The van der Waals surface area contributed by atoms with E-state index in [1.54, 1.807) is 44.2 Å². The van der Waals surface area contributed by atoms with E-state index in [1.165, 1.54) is 32.3 Å². The van der Waals surface area contributed by atoms with Crippen molar-refractivity contribution < 1.29 is 39.2 Å². The minimum absolute atomic E-state index is 0.136. The lowest BCUT2D eigenvalue weighted by Crippen LogP contribution is -2.66. The van der Waals surface area contributed by atoms with Crippen molar-refractivity contribution in [2.45, 2.75) is 96.6 Å². The summed E-state index contributed by atoms with van der Waals surface area (Å²) in [5.74, 6) is -4.84. The maximum atomic E-state index is 13.3. The molecular formula is C36H48O8. The first-order valence-corrected chi connectivity index (χ1v) is 15.8. The van der Waals surface area contributed by atoms with Crippen LogP contribution in [-0.2, 0) is 23.9 Å². The molecule has 0 aromatic heterocycles. The zero-order valence-electron chi connectivity index (χ0n) is 26.8. The molecule has 0 spiro atoms. The first-order valence-electron chi connectivity index (χ1n) is 15.8. The number of carbonyl (C=O) groups excluding carboxylic acids is 3. The van der Waals surface area contributed by atoms with Crippen LogP contribution < -0.4 is 0 Å². The fourth-order valence-electron chi connectivity index (χ4n) is 8.30. The van der Waals surface area contributed by atoms with Crippen LogP contribution in [0.5, 0.6) is 0 Å². The van der Waals surface area contributed by atoms with Crippen LogP contribution in [-0.4, -0.2) is 62.6 Å². The van der Waals surface area contributed by atoms with Gasteiger partial charge in [-0.15, -0.1) is 0 Å². The predicted octanol–water partition coefficient (Wildman–Crippen LogP) is 4.86. The molecule has 0 bridgehead atoms. The third kappa shape index (κ3) is 5.50. The summed E-state index contributed by atoms with van der Waals surface area (Å²) < 4.78 is 12.1. The Balaban J connectivity index is 1.63. The number of carbonyl (C=O) groups is 3. The second-order valence-corrected chi connectivity index (χ2v) is 13.4. The van der Waals surface area contributed by atoms with Gasteiger partial charge in [-0.3, -0.25) is 9.59 Å². The first kappa shape index (κ1) is 33.8. The summed E-state index contributed by atoms with van der Waals surface area (Å²) in [6, 6.07) is 0. The summed E-state index contributed by atoms with van der Waals surface area (Å²) in [6.45, 7) is 10.2. The van der Waals surface area contributed by atoms with Gasteiger partial charge < -0.3 is 24.8 Å². The van der Waals surface area contributed by atoms with E-state index in [-0.39, 0.29) is 6.42 Å². The van der Waals surface area contributed by atoms with Gasteiger partial charge in [-0.1, -0.05) is 95.2 Å². The number of ether oxygens (including phenoxy) is 2. The van der Waals surface area contributed by atoms with Gasteiger partial charge in [0.15, 0.2) is 11.4 Å². The van der Waals surface area contributed by atoms with Crippen molar-refractivity contribution in [3.63, 3.8) is 0 Å². The van der Waals surface area contributed by atoms with Crippen molar-refractivity contribution in [1.29, 1.82) is 0 Å². The third-order valence-corrected chi connectivity index (χ3v) is 10.4. The smallest absolute Gasteiger partial charge is 0.331 e. The molecule has 0 radical (unpaired) electrons. The molecule has 0 unspecified atom stereocenters. The highest BCUT2D eigenvalue weighted by Gasteiger charge is 2.87. The Morgan fingerprint density at radius 2 is 1.70 bits per heavy atom. The van der Waals surface area contributed by atoms with E-state index in [4.69, 9.17) is 9.47 Å². The van der Waals surface area contributed by atoms with Gasteiger partial charge in [-0.2, -0.15) is 0 Å². The van der Waals surface area contributed by atoms with Gasteiger partial charge in [0.05, 0.1) is 12.2 Å². The summed E-state index contributed by atoms with van der Waals surface area (Å²) in [5, 5.41) is 34.7. The summed E-state index contributed by atoms with van der Waals surface area (Å²) in [7, 11) is 0. The molecule has 0 aliphatic heterocycles. The van der Waals surface area contributed by atoms with Crippen LogP contribution in [0.3, 0.4) is 0 Å². The molecule has 3 N–H and O–H groups in total. The van der Waals surface area contributed by atoms with Crippen LogP contribution in [0.25, 0.3) is 0 Å². The molecule has 2 fully saturated rings. The number of ketones is 1. The zero-order chi connectivity index (χ0) is 32.5. The van der Waals surface area contributed by atoms with Crippen molar-refractivity contribution in [2.75, 3.05) is 6.61 Å². The largest absolute Gasteiger partial charge is 0.455 e. The first-order chi connectivity index (χ1) is 20.7. The molecule has 4 aliphatic rings. The normalized spacial score (nSPS) is 37.5. The van der Waals surface area contributed by atoms with E-state index in [2.05, 4.69) is 13.0 Å². The fraction of sp³-hybridized carbons (Fsp3) is 0.583. The minimum Gasteiger partial charge on any atom is -0.455 e. The number of aliphatic hydroxyl groups is 3. The van der Waals surface area contributed by atoms with E-state index < -0.39 is 76.3 Å². The van der Waals surface area contributed by atoms with Crippen molar-refractivity contribution >= 4 is 17.7 Å². The van der Waals surface area contributed by atoms with Crippen LogP contribution in [0.1, 0.15) is 73.6 Å². The summed E-state index contributed by atoms with van der Waals surface area (Å²) >= 11 is 0. The van der Waals surface area contributed by atoms with Gasteiger partial charge in [-0.25, -0.2) is 4.79 Å². The number of rotatable bonds is 11. The number of esters is 2. The van der Waals surface area contributed by atoms with E-state index in [0.717, 1.165) is 6.42 Å². The fourth-order valence-corrected chi connectivity index (χ4v) is 8.30. The monoisotopic (exact) mass is 608 g/mol. The zero-order valence-corrected chi connectivity index (χ0v) is 26.8. The quantitative estimate of drug-likeness (QED) is 0.0997. The maximum Gasteiger partial charge on any atom is 0.331 e. The van der Waals surface area contributed by atoms with Crippen molar-refractivity contribution in [3.8, 4) is 0 Å². The molecule has 0 amide bonds. The molecule has 0 aromatic rings. The average Bonchev–Trinajstić information content (AvgIpc) is 3.38. The number of unbranched alkanes of at least 4 members (excludes halogenated alkanes) is 3. The lowest BCUT2D eigenvalue weighted by Gasteiger charge is -2.53. The Labute approximate surface area is 260 Å². The standard InChI is InChI=1S/C36H48O8/c1-7-8-9-10-11-12-13-14-15-16-17-18-29(39)43-32-24(3)35(42)27(30-33(5,6)36(30,32)44-25(4)38)20-26(22-37)21-34(41)28(35)19-23(2)31(34)40/h11-20,24,27-28,30,32,37,41-42H,7-10,21-22H2,1-6H3/b12-11+,14-13+,16-15+,18-17+/t24-,27+,28-,30-,32-,34-,35-,36-/m1/s1. The van der Waals surface area contributed by atoms with E-state index in [0.29, 0.717) is 11.1 Å². The van der Waals surface area contributed by atoms with Crippen LogP contribution >= 0.6 is 0 Å². The number of hydrogen-bond acceptors (Lipinski definition) is 8. The number of Topliss-reactive ketones (excluding diaryl/α,β-unsaturated/α-hetero) is 1. The lowest BCUT2D eigenvalue weighted by atomic mass is 9.59. The number of allylic oxidation sites excluding steroid dienone is 7. The Hall–Kier alpha value is -3.07. The molecule has 8 heteroatoms. The molecule has 4 aliphatic carbocycles. The van der Waals surface area contributed by atoms with Crippen molar-refractivity contribution in [2.24, 2.45) is 29.1 Å². The SMILES string of the molecule is CCCCC/C=C/C=C/C=C/C=C/C(=O)O[C@@H]1[C@@H](C)[C@@]2(O)[C@@H](C=C(CO)C[C@]3(O)C(=O)C(C)=C[C@@H]23)[C@@H]2C(C)(C)[C@]12OC(C)=O. The van der Waals surface area contributed by atoms with Gasteiger partial charge >= 0.3 is 11.9 Å². The molecule has 2 saturated carbocycles. The van der Waals surface area contributed by atoms with Gasteiger partial charge in [0.1, 0.15) is 11.7 Å². The van der Waals surface area contributed by atoms with Gasteiger partial charge in [-0.05, 0) is 30.9 Å². The maximum absolute atomic E-state index is 13.3. The van der Waals surface area contributed by atoms with Gasteiger partial charge in [0.25, 0.3) is 0 Å². The highest BCUT2D eigenvalue weighted by Crippen LogP contribution is 2.77. The van der Waals surface area contributed by atoms with E-state index in [9.17, 15) is 29.7 Å². The summed E-state index contributed by atoms with van der Waals surface area (Å²) in [5.41, 5.74) is -4.98. The van der Waals surface area contributed by atoms with Gasteiger partial charge in [0, 0.05) is 48.5 Å². The Morgan fingerprint density at radius 1 is 1.05 bits per heavy atom. The van der Waals surface area contributed by atoms with Crippen LogP contribution in [0.4, 0.5) is 0 Å². The lowest BCUT2D eigenvalue weighted by molar-refractivity contribution is -0.226. The van der Waals surface area contributed by atoms with Crippen LogP contribution in [0, 0.1) is 29.1 Å². The summed E-state index contributed by atoms with van der Waals surface area (Å²) in [6.07, 6.45) is 21.0. The molecule has 44 heavy (non-hydrogen) atoms. The summed E-state index contributed by atoms with van der Waals surface area (Å²) in [4.78, 5) is 38.9. The van der Waals surface area contributed by atoms with Crippen LogP contribution in [0.2, 0.25) is 0 Å². The van der Waals surface area contributed by atoms with Crippen LogP contribution in [0.15, 0.2) is 71.9 Å². The molecule has 0 heterocycles.